The maximum absolute atomic E-state index is 5.03. The Bertz CT molecular complexity index is 509. The van der Waals surface area contributed by atoms with E-state index in [9.17, 15) is 0 Å². The molecule has 1 fully saturated rings. The van der Waals surface area contributed by atoms with Crippen molar-refractivity contribution >= 4 is 0 Å². The van der Waals surface area contributed by atoms with E-state index < -0.39 is 0 Å². The molecule has 1 aliphatic rings. The van der Waals surface area contributed by atoms with Crippen LogP contribution in [0.25, 0.3) is 0 Å². The lowest BCUT2D eigenvalue weighted by Gasteiger charge is -2.23. The van der Waals surface area contributed by atoms with Gasteiger partial charge in [0.25, 0.3) is 0 Å². The van der Waals surface area contributed by atoms with Crippen LogP contribution >= 0.6 is 0 Å². The van der Waals surface area contributed by atoms with Crippen molar-refractivity contribution in [3.63, 3.8) is 0 Å². The van der Waals surface area contributed by atoms with Crippen molar-refractivity contribution in [2.75, 3.05) is 6.54 Å². The summed E-state index contributed by atoms with van der Waals surface area (Å²) in [6, 6.07) is 11.2. The molecule has 0 unspecified atom stereocenters. The van der Waals surface area contributed by atoms with Crippen LogP contribution in [0.4, 0.5) is 0 Å². The SMILES string of the molecule is Cc1nc(CN2CCC[C@@H]2c2ccccc2)no1. The van der Waals surface area contributed by atoms with E-state index >= 15 is 0 Å². The van der Waals surface area contributed by atoms with E-state index in [1.165, 1.54) is 18.4 Å². The molecule has 0 spiro atoms. The number of benzene rings is 1. The molecule has 3 rings (SSSR count). The van der Waals surface area contributed by atoms with E-state index in [2.05, 4.69) is 45.4 Å². The molecule has 4 nitrogen and oxygen atoms in total. The van der Waals surface area contributed by atoms with Crippen LogP contribution in [-0.4, -0.2) is 21.6 Å². The summed E-state index contributed by atoms with van der Waals surface area (Å²) in [6.07, 6.45) is 2.44. The van der Waals surface area contributed by atoms with Crippen molar-refractivity contribution in [3.8, 4) is 0 Å². The predicted octanol–water partition coefficient (Wildman–Crippen LogP) is 2.72. The maximum Gasteiger partial charge on any atom is 0.223 e. The number of aromatic nitrogens is 2. The van der Waals surface area contributed by atoms with E-state index in [0.717, 1.165) is 18.9 Å². The molecule has 0 amide bonds. The van der Waals surface area contributed by atoms with Crippen molar-refractivity contribution in [1.82, 2.24) is 15.0 Å². The normalized spacial score (nSPS) is 20.4. The summed E-state index contributed by atoms with van der Waals surface area (Å²) in [5.41, 5.74) is 1.38. The molecule has 0 N–H and O–H groups in total. The van der Waals surface area contributed by atoms with Crippen LogP contribution in [0, 0.1) is 6.92 Å². The zero-order chi connectivity index (χ0) is 12.4. The van der Waals surface area contributed by atoms with Crippen LogP contribution in [0.2, 0.25) is 0 Å². The highest BCUT2D eigenvalue weighted by molar-refractivity contribution is 5.20. The molecule has 0 saturated carbocycles. The van der Waals surface area contributed by atoms with Crippen molar-refractivity contribution in [2.24, 2.45) is 0 Å². The molecule has 94 valence electrons. The fourth-order valence-corrected chi connectivity index (χ4v) is 2.66. The van der Waals surface area contributed by atoms with Crippen LogP contribution in [0.1, 0.15) is 36.2 Å². The highest BCUT2D eigenvalue weighted by atomic mass is 16.5. The average Bonchev–Trinajstić information content (AvgIpc) is 3.00. The standard InChI is InChI=1S/C14H17N3O/c1-11-15-14(16-18-11)10-17-9-5-8-13(17)12-6-3-2-4-7-12/h2-4,6-7,13H,5,8-10H2,1H3/t13-/m1/s1. The largest absolute Gasteiger partial charge is 0.340 e. The van der Waals surface area contributed by atoms with Crippen LogP contribution in [0.15, 0.2) is 34.9 Å². The molecule has 2 heterocycles. The third-order valence-corrected chi connectivity index (χ3v) is 3.46. The Morgan fingerprint density at radius 1 is 1.33 bits per heavy atom. The molecule has 0 radical (unpaired) electrons. The van der Waals surface area contributed by atoms with Crippen LogP contribution in [0.5, 0.6) is 0 Å². The molecule has 18 heavy (non-hydrogen) atoms. The number of hydrogen-bond donors (Lipinski definition) is 0. The van der Waals surface area contributed by atoms with Gasteiger partial charge < -0.3 is 4.52 Å². The van der Waals surface area contributed by atoms with E-state index in [4.69, 9.17) is 4.52 Å². The molecule has 2 aromatic rings. The summed E-state index contributed by atoms with van der Waals surface area (Å²) >= 11 is 0. The lowest BCUT2D eigenvalue weighted by molar-refractivity contribution is 0.238. The van der Waals surface area contributed by atoms with Crippen LogP contribution in [0.3, 0.4) is 0 Å². The Kier molecular flexibility index (Phi) is 3.11. The first-order valence-corrected chi connectivity index (χ1v) is 6.41. The first-order valence-electron chi connectivity index (χ1n) is 6.41. The fraction of sp³-hybridized carbons (Fsp3) is 0.429. The van der Waals surface area contributed by atoms with Crippen molar-refractivity contribution in [2.45, 2.75) is 32.4 Å². The topological polar surface area (TPSA) is 42.2 Å². The first-order chi connectivity index (χ1) is 8.83. The molecule has 0 bridgehead atoms. The van der Waals surface area contributed by atoms with Gasteiger partial charge in [0.15, 0.2) is 5.82 Å². The Labute approximate surface area is 107 Å². The quantitative estimate of drug-likeness (QED) is 0.831. The average molecular weight is 243 g/mol. The third-order valence-electron chi connectivity index (χ3n) is 3.46. The number of rotatable bonds is 3. The molecule has 1 atom stereocenters. The minimum Gasteiger partial charge on any atom is -0.340 e. The number of aryl methyl sites for hydroxylation is 1. The first kappa shape index (κ1) is 11.4. The Hall–Kier alpha value is -1.68. The van der Waals surface area contributed by atoms with Gasteiger partial charge in [-0.1, -0.05) is 35.5 Å². The monoisotopic (exact) mass is 243 g/mol. The lowest BCUT2D eigenvalue weighted by Crippen LogP contribution is -2.23. The summed E-state index contributed by atoms with van der Waals surface area (Å²) in [5, 5.41) is 3.98. The Morgan fingerprint density at radius 3 is 2.89 bits per heavy atom. The van der Waals surface area contributed by atoms with Crippen molar-refractivity contribution < 1.29 is 4.52 Å². The van der Waals surface area contributed by atoms with E-state index in [0.29, 0.717) is 11.9 Å². The second-order valence-corrected chi connectivity index (χ2v) is 4.77. The van der Waals surface area contributed by atoms with Gasteiger partial charge in [-0.3, -0.25) is 4.90 Å². The van der Waals surface area contributed by atoms with Gasteiger partial charge in [-0.15, -0.1) is 0 Å². The smallest absolute Gasteiger partial charge is 0.223 e. The highest BCUT2D eigenvalue weighted by Gasteiger charge is 2.26. The van der Waals surface area contributed by atoms with Gasteiger partial charge in [0, 0.05) is 13.0 Å². The molecule has 0 aliphatic carbocycles. The summed E-state index contributed by atoms with van der Waals surface area (Å²) in [5.74, 6) is 1.43. The van der Waals surface area contributed by atoms with Gasteiger partial charge in [-0.2, -0.15) is 4.98 Å². The summed E-state index contributed by atoms with van der Waals surface area (Å²) < 4.78 is 5.03. The van der Waals surface area contributed by atoms with Gasteiger partial charge in [-0.25, -0.2) is 0 Å². The maximum atomic E-state index is 5.03. The zero-order valence-electron chi connectivity index (χ0n) is 10.5. The number of likely N-dealkylation sites (tertiary alicyclic amines) is 1. The molecular formula is C14H17N3O. The van der Waals surface area contributed by atoms with Crippen LogP contribution < -0.4 is 0 Å². The summed E-state index contributed by atoms with van der Waals surface area (Å²) in [7, 11) is 0. The van der Waals surface area contributed by atoms with Gasteiger partial charge in [0.1, 0.15) is 0 Å². The van der Waals surface area contributed by atoms with Gasteiger partial charge in [-0.05, 0) is 24.9 Å². The summed E-state index contributed by atoms with van der Waals surface area (Å²) in [4.78, 5) is 6.71. The zero-order valence-corrected chi connectivity index (χ0v) is 10.5. The lowest BCUT2D eigenvalue weighted by atomic mass is 10.0. The molecule has 1 aliphatic heterocycles. The van der Waals surface area contributed by atoms with Gasteiger partial charge in [0.2, 0.25) is 5.89 Å². The number of hydrogen-bond acceptors (Lipinski definition) is 4. The predicted molar refractivity (Wildman–Crippen MR) is 67.9 cm³/mol. The van der Waals surface area contributed by atoms with E-state index in [-0.39, 0.29) is 0 Å². The minimum absolute atomic E-state index is 0.491. The molecular weight excluding hydrogens is 226 g/mol. The molecule has 1 aromatic heterocycles. The van der Waals surface area contributed by atoms with Crippen molar-refractivity contribution in [1.29, 1.82) is 0 Å². The highest BCUT2D eigenvalue weighted by Crippen LogP contribution is 2.32. The van der Waals surface area contributed by atoms with Gasteiger partial charge in [0.05, 0.1) is 6.54 Å². The number of nitrogens with zero attached hydrogens (tertiary/aromatic N) is 3. The third kappa shape index (κ3) is 2.29. The minimum atomic E-state index is 0.491. The molecule has 1 aromatic carbocycles. The summed E-state index contributed by atoms with van der Waals surface area (Å²) in [6.45, 7) is 3.71. The second-order valence-electron chi connectivity index (χ2n) is 4.77. The van der Waals surface area contributed by atoms with E-state index in [1.54, 1.807) is 0 Å². The Morgan fingerprint density at radius 2 is 2.17 bits per heavy atom. The second kappa shape index (κ2) is 4.90. The van der Waals surface area contributed by atoms with Gasteiger partial charge >= 0.3 is 0 Å². The molecule has 1 saturated heterocycles. The van der Waals surface area contributed by atoms with Crippen molar-refractivity contribution in [3.05, 3.63) is 47.6 Å². The molecule has 4 heteroatoms. The Balaban J connectivity index is 1.75. The fourth-order valence-electron chi connectivity index (χ4n) is 2.66. The van der Waals surface area contributed by atoms with E-state index in [1.807, 2.05) is 6.92 Å². The van der Waals surface area contributed by atoms with Crippen LogP contribution in [-0.2, 0) is 6.54 Å².